The Bertz CT molecular complexity index is 680. The van der Waals surface area contributed by atoms with Crippen LogP contribution >= 0.6 is 0 Å². The molecule has 2 aliphatic rings. The third-order valence-electron chi connectivity index (χ3n) is 9.27. The third-order valence-corrected chi connectivity index (χ3v) is 9.27. The summed E-state index contributed by atoms with van der Waals surface area (Å²) < 4.78 is 37.8. The molecule has 1 unspecified atom stereocenters. The minimum absolute atomic E-state index is 0.0207. The van der Waals surface area contributed by atoms with E-state index in [1.165, 1.54) is 160 Å². The molecule has 0 radical (unpaired) electrons. The van der Waals surface area contributed by atoms with Crippen molar-refractivity contribution in [1.82, 2.24) is 9.80 Å². The molecule has 282 valence electrons. The molecule has 4 nitrogen and oxygen atoms in total. The standard InChI is InChI=1S/2C13H28.C7H11F2NO.C7H12FNO/c2*1-3-5-7-9-11-13-12-10-8-6-4-2;1-5-3-7(8,9)4-10(5)6(2)11;1-5-3-7(8)4-9(5)6(2)10/h2*3-13H2,1-2H3;5H,3-4H2,1-2H3;5,7H,3-4H2,1-2H3/t;;5-;5-,7?/m..11/s1. The zero-order valence-corrected chi connectivity index (χ0v) is 32.5. The molecule has 0 N–H and O–H groups in total. The fourth-order valence-corrected chi connectivity index (χ4v) is 6.31. The maximum absolute atomic E-state index is 12.6. The van der Waals surface area contributed by atoms with E-state index in [0.29, 0.717) is 6.42 Å². The summed E-state index contributed by atoms with van der Waals surface area (Å²) in [5.74, 6) is -2.97. The van der Waals surface area contributed by atoms with Crippen LogP contribution in [0, 0.1) is 0 Å². The number of carbonyl (C=O) groups excluding carboxylic acids is 2. The summed E-state index contributed by atoms with van der Waals surface area (Å²) in [7, 11) is 0. The van der Waals surface area contributed by atoms with Crippen LogP contribution < -0.4 is 0 Å². The van der Waals surface area contributed by atoms with E-state index in [2.05, 4.69) is 27.7 Å². The zero-order valence-electron chi connectivity index (χ0n) is 32.5. The van der Waals surface area contributed by atoms with Crippen LogP contribution in [0.5, 0.6) is 0 Å². The van der Waals surface area contributed by atoms with Crippen molar-refractivity contribution >= 4 is 11.8 Å². The van der Waals surface area contributed by atoms with Crippen LogP contribution in [0.15, 0.2) is 0 Å². The first kappa shape index (κ1) is 47.8. The summed E-state index contributed by atoms with van der Waals surface area (Å²) in [6.45, 7) is 15.3. The van der Waals surface area contributed by atoms with E-state index in [9.17, 15) is 22.8 Å². The van der Waals surface area contributed by atoms with Crippen LogP contribution in [0.1, 0.15) is 209 Å². The van der Waals surface area contributed by atoms with Crippen LogP contribution in [-0.2, 0) is 9.59 Å². The van der Waals surface area contributed by atoms with Gasteiger partial charge in [-0.1, -0.05) is 169 Å². The monoisotopic (exact) mass is 677 g/mol. The summed E-state index contributed by atoms with van der Waals surface area (Å²) in [6.07, 6.45) is 31.4. The van der Waals surface area contributed by atoms with E-state index in [1.54, 1.807) is 11.8 Å². The van der Waals surface area contributed by atoms with Crippen molar-refractivity contribution < 1.29 is 22.8 Å². The van der Waals surface area contributed by atoms with Gasteiger partial charge in [-0.25, -0.2) is 13.2 Å². The molecule has 0 spiro atoms. The molecule has 7 heteroatoms. The first-order valence-corrected chi connectivity index (χ1v) is 19.9. The van der Waals surface area contributed by atoms with Gasteiger partial charge in [0.2, 0.25) is 11.8 Å². The van der Waals surface area contributed by atoms with Crippen molar-refractivity contribution in [3.63, 3.8) is 0 Å². The number of likely N-dealkylation sites (tertiary alicyclic amines) is 2. The number of unbranched alkanes of at least 4 members (excludes halogenated alkanes) is 20. The fourth-order valence-electron chi connectivity index (χ4n) is 6.31. The number of hydrogen-bond donors (Lipinski definition) is 0. The molecule has 2 aliphatic heterocycles. The van der Waals surface area contributed by atoms with Gasteiger partial charge in [0.15, 0.2) is 0 Å². The molecule has 2 saturated heterocycles. The van der Waals surface area contributed by atoms with Crippen LogP contribution in [0.25, 0.3) is 0 Å². The van der Waals surface area contributed by atoms with E-state index in [4.69, 9.17) is 0 Å². The zero-order chi connectivity index (χ0) is 35.9. The smallest absolute Gasteiger partial charge is 0.267 e. The van der Waals surface area contributed by atoms with Gasteiger partial charge in [-0.2, -0.15) is 0 Å². The average Bonchev–Trinajstić information content (AvgIpc) is 3.51. The molecule has 0 saturated carbocycles. The maximum atomic E-state index is 12.6. The molecule has 0 aliphatic carbocycles. The molecule has 2 heterocycles. The number of nitrogens with zero attached hydrogens (tertiary/aromatic N) is 2. The number of amides is 2. The topological polar surface area (TPSA) is 40.6 Å². The molecule has 0 aromatic carbocycles. The predicted octanol–water partition coefficient (Wildman–Crippen LogP) is 12.9. The summed E-state index contributed by atoms with van der Waals surface area (Å²) in [5.41, 5.74) is 0. The second-order valence-corrected chi connectivity index (χ2v) is 14.3. The Morgan fingerprint density at radius 3 is 1.00 bits per heavy atom. The highest BCUT2D eigenvalue weighted by Gasteiger charge is 2.43. The molecular formula is C40H79F3N2O2. The molecule has 3 atom stereocenters. The highest BCUT2D eigenvalue weighted by atomic mass is 19.3. The van der Waals surface area contributed by atoms with Gasteiger partial charge in [0.25, 0.3) is 5.92 Å². The predicted molar refractivity (Wildman–Crippen MR) is 197 cm³/mol. The largest absolute Gasteiger partial charge is 0.337 e. The Labute approximate surface area is 290 Å². The molecule has 2 rings (SSSR count). The molecule has 0 aromatic heterocycles. The van der Waals surface area contributed by atoms with E-state index in [0.717, 1.165) is 0 Å². The van der Waals surface area contributed by atoms with Gasteiger partial charge in [0, 0.05) is 38.8 Å². The lowest BCUT2D eigenvalue weighted by Crippen LogP contribution is -2.33. The van der Waals surface area contributed by atoms with Gasteiger partial charge in [-0.05, 0) is 13.8 Å². The Kier molecular flexibility index (Phi) is 32.5. The van der Waals surface area contributed by atoms with Crippen LogP contribution in [0.3, 0.4) is 0 Å². The lowest BCUT2D eigenvalue weighted by Gasteiger charge is -2.17. The van der Waals surface area contributed by atoms with E-state index >= 15 is 0 Å². The maximum Gasteiger partial charge on any atom is 0.267 e. The first-order valence-electron chi connectivity index (χ1n) is 19.9. The molecule has 2 amide bonds. The highest BCUT2D eigenvalue weighted by molar-refractivity contribution is 5.74. The van der Waals surface area contributed by atoms with E-state index in [-0.39, 0.29) is 36.9 Å². The highest BCUT2D eigenvalue weighted by Crippen LogP contribution is 2.31. The van der Waals surface area contributed by atoms with Crippen LogP contribution in [0.4, 0.5) is 13.2 Å². The minimum Gasteiger partial charge on any atom is -0.337 e. The summed E-state index contributed by atoms with van der Waals surface area (Å²) in [6, 6.07) is -0.227. The molecule has 0 bridgehead atoms. The number of halogens is 3. The Morgan fingerprint density at radius 1 is 0.553 bits per heavy atom. The average molecular weight is 677 g/mol. The van der Waals surface area contributed by atoms with Crippen molar-refractivity contribution in [2.75, 3.05) is 13.1 Å². The second kappa shape index (κ2) is 32.0. The van der Waals surface area contributed by atoms with Gasteiger partial charge >= 0.3 is 0 Å². The van der Waals surface area contributed by atoms with E-state index < -0.39 is 18.6 Å². The van der Waals surface area contributed by atoms with Crippen LogP contribution in [-0.4, -0.2) is 58.9 Å². The number of alkyl halides is 3. The SMILES string of the molecule is CC(=O)N1CC(F)(F)C[C@H]1C.CC(=O)N1CC(F)C[C@H]1C.CCCCCCCCCCCCC.CCCCCCCCCCCCC. The van der Waals surface area contributed by atoms with Gasteiger partial charge < -0.3 is 9.80 Å². The van der Waals surface area contributed by atoms with Crippen molar-refractivity contribution in [2.24, 2.45) is 0 Å². The molecule has 47 heavy (non-hydrogen) atoms. The van der Waals surface area contributed by atoms with Gasteiger partial charge in [0.05, 0.1) is 13.1 Å². The Balaban J connectivity index is 0. The van der Waals surface area contributed by atoms with Gasteiger partial charge in [-0.15, -0.1) is 0 Å². The van der Waals surface area contributed by atoms with Gasteiger partial charge in [-0.3, -0.25) is 9.59 Å². The summed E-state index contributed by atoms with van der Waals surface area (Å²) >= 11 is 0. The first-order chi connectivity index (χ1) is 22.4. The summed E-state index contributed by atoms with van der Waals surface area (Å²) in [5, 5.41) is 0. The van der Waals surface area contributed by atoms with Crippen molar-refractivity contribution in [1.29, 1.82) is 0 Å². The molecule has 2 fully saturated rings. The van der Waals surface area contributed by atoms with Crippen molar-refractivity contribution in [3.8, 4) is 0 Å². The third kappa shape index (κ3) is 29.4. The molecule has 0 aromatic rings. The Hall–Kier alpha value is -1.27. The minimum atomic E-state index is -2.68. The fraction of sp³-hybridized carbons (Fsp3) is 0.950. The quantitative estimate of drug-likeness (QED) is 0.120. The lowest BCUT2D eigenvalue weighted by atomic mass is 10.1. The van der Waals surface area contributed by atoms with Crippen molar-refractivity contribution in [3.05, 3.63) is 0 Å². The lowest BCUT2D eigenvalue weighted by molar-refractivity contribution is -0.131. The second-order valence-electron chi connectivity index (χ2n) is 14.3. The van der Waals surface area contributed by atoms with E-state index in [1.807, 2.05) is 6.92 Å². The number of carbonyl (C=O) groups is 2. The Morgan fingerprint density at radius 2 is 0.851 bits per heavy atom. The number of hydrogen-bond acceptors (Lipinski definition) is 2. The van der Waals surface area contributed by atoms with Crippen molar-refractivity contribution in [2.45, 2.75) is 234 Å². The molecular weight excluding hydrogens is 597 g/mol. The normalized spacial score (nSPS) is 19.7. The number of rotatable bonds is 20. The van der Waals surface area contributed by atoms with Crippen LogP contribution in [0.2, 0.25) is 0 Å². The summed E-state index contributed by atoms with van der Waals surface area (Å²) in [4.78, 5) is 24.3. The van der Waals surface area contributed by atoms with Gasteiger partial charge in [0.1, 0.15) is 6.17 Å².